The van der Waals surface area contributed by atoms with Crippen LogP contribution >= 0.6 is 11.6 Å². The molecule has 1 saturated heterocycles. The van der Waals surface area contributed by atoms with Crippen LogP contribution in [0, 0.1) is 19.8 Å². The first-order valence-corrected chi connectivity index (χ1v) is 8.76. The lowest BCUT2D eigenvalue weighted by atomic mass is 9.97. The van der Waals surface area contributed by atoms with Gasteiger partial charge < -0.3 is 19.7 Å². The topological polar surface area (TPSA) is 61.5 Å². The lowest BCUT2D eigenvalue weighted by molar-refractivity contribution is 0.203. The fourth-order valence-electron chi connectivity index (χ4n) is 3.07. The van der Waals surface area contributed by atoms with Crippen molar-refractivity contribution >= 4 is 23.0 Å². The van der Waals surface area contributed by atoms with E-state index in [4.69, 9.17) is 16.0 Å². The van der Waals surface area contributed by atoms with E-state index in [2.05, 4.69) is 21.3 Å². The number of benzene rings is 1. The molecule has 0 amide bonds. The predicted octanol–water partition coefficient (Wildman–Crippen LogP) is 3.77. The van der Waals surface area contributed by atoms with E-state index in [1.54, 1.807) is 0 Å². The minimum absolute atomic E-state index is 0.280. The minimum Gasteiger partial charge on any atom is -0.444 e. The molecule has 1 aromatic carbocycles. The van der Waals surface area contributed by atoms with E-state index in [0.717, 1.165) is 48.8 Å². The first kappa shape index (κ1) is 17.1. The maximum absolute atomic E-state index is 9.31. The van der Waals surface area contributed by atoms with Gasteiger partial charge in [-0.25, -0.2) is 4.98 Å². The molecule has 0 spiro atoms. The van der Waals surface area contributed by atoms with Gasteiger partial charge in [0.2, 0.25) is 5.89 Å². The molecule has 0 atom stereocenters. The molecule has 5 nitrogen and oxygen atoms in total. The Labute approximate surface area is 147 Å². The van der Waals surface area contributed by atoms with Gasteiger partial charge in [-0.1, -0.05) is 11.6 Å². The Morgan fingerprint density at radius 2 is 2.08 bits per heavy atom. The van der Waals surface area contributed by atoms with Crippen LogP contribution in [0.5, 0.6) is 0 Å². The monoisotopic (exact) mass is 349 g/mol. The van der Waals surface area contributed by atoms with Crippen molar-refractivity contribution in [2.24, 2.45) is 5.92 Å². The van der Waals surface area contributed by atoms with Crippen LogP contribution < -0.4 is 10.2 Å². The number of nitrogens with zero attached hydrogens (tertiary/aromatic N) is 2. The molecule has 1 aromatic heterocycles. The summed E-state index contributed by atoms with van der Waals surface area (Å²) in [5.74, 6) is 1.95. The third-order valence-electron chi connectivity index (χ3n) is 4.67. The molecule has 0 unspecified atom stereocenters. The zero-order valence-corrected chi connectivity index (χ0v) is 14.9. The molecule has 2 aromatic rings. The molecule has 0 aliphatic carbocycles. The molecule has 3 rings (SSSR count). The van der Waals surface area contributed by atoms with Gasteiger partial charge in [0, 0.05) is 24.7 Å². The summed E-state index contributed by atoms with van der Waals surface area (Å²) in [6.07, 6.45) is 2.02. The van der Waals surface area contributed by atoms with Crippen LogP contribution in [0.15, 0.2) is 22.6 Å². The van der Waals surface area contributed by atoms with Crippen LogP contribution in [-0.2, 0) is 6.54 Å². The molecule has 2 heterocycles. The van der Waals surface area contributed by atoms with Gasteiger partial charge in [0.25, 0.3) is 0 Å². The Morgan fingerprint density at radius 1 is 1.33 bits per heavy atom. The largest absolute Gasteiger partial charge is 0.444 e. The standard InChI is InChI=1S/C18H24ClN3O2/c1-12-13(2)24-18(21-12)10-20-16-9-15(19)3-4-17(16)22-7-5-14(11-23)6-8-22/h3-4,9,14,20,23H,5-8,10-11H2,1-2H3. The van der Waals surface area contributed by atoms with Gasteiger partial charge in [-0.3, -0.25) is 0 Å². The van der Waals surface area contributed by atoms with Crippen molar-refractivity contribution in [3.8, 4) is 0 Å². The van der Waals surface area contributed by atoms with Crippen molar-refractivity contribution in [1.82, 2.24) is 4.98 Å². The maximum Gasteiger partial charge on any atom is 0.213 e. The summed E-state index contributed by atoms with van der Waals surface area (Å²) in [6, 6.07) is 5.91. The SMILES string of the molecule is Cc1nc(CNc2cc(Cl)ccc2N2CCC(CO)CC2)oc1C. The van der Waals surface area contributed by atoms with Gasteiger partial charge in [0.1, 0.15) is 5.76 Å². The highest BCUT2D eigenvalue weighted by Crippen LogP contribution is 2.32. The number of rotatable bonds is 5. The Bertz CT molecular complexity index is 674. The van der Waals surface area contributed by atoms with E-state index >= 15 is 0 Å². The summed E-state index contributed by atoms with van der Waals surface area (Å²) in [6.45, 7) is 6.55. The summed E-state index contributed by atoms with van der Waals surface area (Å²) in [5, 5.41) is 13.4. The second-order valence-electron chi connectivity index (χ2n) is 6.38. The van der Waals surface area contributed by atoms with E-state index in [-0.39, 0.29) is 6.61 Å². The number of aryl methyl sites for hydroxylation is 2. The van der Waals surface area contributed by atoms with Crippen molar-refractivity contribution < 1.29 is 9.52 Å². The average molecular weight is 350 g/mol. The molecule has 0 radical (unpaired) electrons. The summed E-state index contributed by atoms with van der Waals surface area (Å²) < 4.78 is 5.63. The van der Waals surface area contributed by atoms with Gasteiger partial charge in [0.05, 0.1) is 23.6 Å². The highest BCUT2D eigenvalue weighted by atomic mass is 35.5. The Hall–Kier alpha value is -1.72. The zero-order chi connectivity index (χ0) is 17.1. The number of piperidine rings is 1. The fourth-order valence-corrected chi connectivity index (χ4v) is 3.24. The number of anilines is 2. The van der Waals surface area contributed by atoms with E-state index < -0.39 is 0 Å². The van der Waals surface area contributed by atoms with Crippen LogP contribution in [0.25, 0.3) is 0 Å². The maximum atomic E-state index is 9.31. The summed E-state index contributed by atoms with van der Waals surface area (Å²) in [5.41, 5.74) is 3.04. The first-order valence-electron chi connectivity index (χ1n) is 8.39. The number of halogens is 1. The molecule has 24 heavy (non-hydrogen) atoms. The molecule has 0 bridgehead atoms. The van der Waals surface area contributed by atoms with Crippen molar-refractivity contribution in [2.75, 3.05) is 29.9 Å². The van der Waals surface area contributed by atoms with Crippen LogP contribution in [0.4, 0.5) is 11.4 Å². The van der Waals surface area contributed by atoms with Crippen LogP contribution in [0.1, 0.15) is 30.2 Å². The molecule has 0 saturated carbocycles. The number of oxazole rings is 1. The van der Waals surface area contributed by atoms with Crippen LogP contribution in [0.3, 0.4) is 0 Å². The smallest absolute Gasteiger partial charge is 0.213 e. The van der Waals surface area contributed by atoms with E-state index in [0.29, 0.717) is 23.4 Å². The average Bonchev–Trinajstić information content (AvgIpc) is 2.91. The normalized spacial score (nSPS) is 15.8. The Kier molecular flexibility index (Phi) is 5.31. The predicted molar refractivity (Wildman–Crippen MR) is 96.8 cm³/mol. The second kappa shape index (κ2) is 7.45. The number of nitrogens with one attached hydrogen (secondary N) is 1. The summed E-state index contributed by atoms with van der Waals surface area (Å²) in [7, 11) is 0. The number of aliphatic hydroxyl groups excluding tert-OH is 1. The van der Waals surface area contributed by atoms with Gasteiger partial charge in [0.15, 0.2) is 0 Å². The lowest BCUT2D eigenvalue weighted by Gasteiger charge is -2.34. The summed E-state index contributed by atoms with van der Waals surface area (Å²) in [4.78, 5) is 6.75. The van der Waals surface area contributed by atoms with Crippen molar-refractivity contribution in [3.63, 3.8) is 0 Å². The number of hydrogen-bond donors (Lipinski definition) is 2. The van der Waals surface area contributed by atoms with E-state index in [1.807, 2.05) is 26.0 Å². The quantitative estimate of drug-likeness (QED) is 0.860. The van der Waals surface area contributed by atoms with Gasteiger partial charge in [-0.2, -0.15) is 0 Å². The lowest BCUT2D eigenvalue weighted by Crippen LogP contribution is -2.35. The van der Waals surface area contributed by atoms with Gasteiger partial charge in [-0.05, 0) is 50.8 Å². The zero-order valence-electron chi connectivity index (χ0n) is 14.2. The number of aliphatic hydroxyl groups is 1. The number of aromatic nitrogens is 1. The third-order valence-corrected chi connectivity index (χ3v) is 4.91. The van der Waals surface area contributed by atoms with Crippen molar-refractivity contribution in [1.29, 1.82) is 0 Å². The molecule has 2 N–H and O–H groups in total. The Morgan fingerprint density at radius 3 is 2.71 bits per heavy atom. The second-order valence-corrected chi connectivity index (χ2v) is 6.81. The number of hydrogen-bond acceptors (Lipinski definition) is 5. The minimum atomic E-state index is 0.280. The fraction of sp³-hybridized carbons (Fsp3) is 0.500. The van der Waals surface area contributed by atoms with Crippen LogP contribution in [0.2, 0.25) is 5.02 Å². The van der Waals surface area contributed by atoms with Gasteiger partial charge in [-0.15, -0.1) is 0 Å². The molecule has 6 heteroatoms. The molecule has 1 fully saturated rings. The van der Waals surface area contributed by atoms with Crippen molar-refractivity contribution in [3.05, 3.63) is 40.6 Å². The van der Waals surface area contributed by atoms with E-state index in [9.17, 15) is 5.11 Å². The first-order chi connectivity index (χ1) is 11.6. The Balaban J connectivity index is 1.73. The molecular formula is C18H24ClN3O2. The third kappa shape index (κ3) is 3.84. The molecule has 130 valence electrons. The highest BCUT2D eigenvalue weighted by molar-refractivity contribution is 6.31. The molecule has 1 aliphatic rings. The highest BCUT2D eigenvalue weighted by Gasteiger charge is 2.21. The van der Waals surface area contributed by atoms with Crippen molar-refractivity contribution in [2.45, 2.75) is 33.2 Å². The summed E-state index contributed by atoms with van der Waals surface area (Å²) >= 11 is 6.18. The molecular weight excluding hydrogens is 326 g/mol. The molecule has 1 aliphatic heterocycles. The van der Waals surface area contributed by atoms with Crippen LogP contribution in [-0.4, -0.2) is 29.8 Å². The van der Waals surface area contributed by atoms with Gasteiger partial charge >= 0.3 is 0 Å². The van der Waals surface area contributed by atoms with E-state index in [1.165, 1.54) is 0 Å².